The number of halogens is 1. The van der Waals surface area contributed by atoms with Gasteiger partial charge in [0.25, 0.3) is 0 Å². The second-order valence-electron chi connectivity index (χ2n) is 5.23. The number of anilines is 1. The van der Waals surface area contributed by atoms with Gasteiger partial charge in [0.2, 0.25) is 0 Å². The Bertz CT molecular complexity index is 370. The molecule has 3 heteroatoms. The molecule has 1 fully saturated rings. The maximum Gasteiger partial charge on any atom is 0.123 e. The Morgan fingerprint density at radius 2 is 1.94 bits per heavy atom. The van der Waals surface area contributed by atoms with Crippen molar-refractivity contribution in [1.29, 1.82) is 0 Å². The molecule has 1 atom stereocenters. The molecule has 1 aromatic carbocycles. The lowest BCUT2D eigenvalue weighted by atomic mass is 9.83. The normalized spacial score (nSPS) is 21.2. The quantitative estimate of drug-likeness (QED) is 0.822. The van der Waals surface area contributed by atoms with Gasteiger partial charge in [-0.05, 0) is 49.4 Å². The van der Waals surface area contributed by atoms with Gasteiger partial charge in [-0.1, -0.05) is 6.92 Å². The van der Waals surface area contributed by atoms with Crippen LogP contribution in [0.25, 0.3) is 0 Å². The molecule has 0 heterocycles. The Kier molecular flexibility index (Phi) is 2.66. The van der Waals surface area contributed by atoms with E-state index in [-0.39, 0.29) is 16.8 Å². The third-order valence-corrected chi connectivity index (χ3v) is 4.00. The summed E-state index contributed by atoms with van der Waals surface area (Å²) in [5.41, 5.74) is 6.97. The lowest BCUT2D eigenvalue weighted by molar-refractivity contribution is 0.333. The first kappa shape index (κ1) is 11.4. The van der Waals surface area contributed by atoms with E-state index in [4.69, 9.17) is 5.73 Å². The molecule has 1 aromatic rings. The summed E-state index contributed by atoms with van der Waals surface area (Å²) < 4.78 is 12.8. The zero-order valence-electron chi connectivity index (χ0n) is 9.89. The SMILES string of the molecule is CC1(C(C)(CN)Nc2ccc(F)cc2)CC1. The molecule has 3 N–H and O–H groups in total. The molecule has 88 valence electrons. The molecule has 1 aliphatic rings. The molecule has 0 spiro atoms. The summed E-state index contributed by atoms with van der Waals surface area (Å²) in [5.74, 6) is -0.211. The summed E-state index contributed by atoms with van der Waals surface area (Å²) in [6.07, 6.45) is 2.41. The minimum absolute atomic E-state index is 0.106. The van der Waals surface area contributed by atoms with Crippen LogP contribution < -0.4 is 11.1 Å². The molecule has 1 aliphatic carbocycles. The van der Waals surface area contributed by atoms with Crippen LogP contribution in [0, 0.1) is 11.2 Å². The molecule has 2 nitrogen and oxygen atoms in total. The number of hydrogen-bond acceptors (Lipinski definition) is 2. The maximum absolute atomic E-state index is 12.8. The summed E-state index contributed by atoms with van der Waals surface area (Å²) in [5, 5.41) is 3.44. The van der Waals surface area contributed by atoms with Gasteiger partial charge in [-0.3, -0.25) is 0 Å². The molecule has 0 aromatic heterocycles. The highest BCUT2D eigenvalue weighted by atomic mass is 19.1. The fourth-order valence-corrected chi connectivity index (χ4v) is 2.04. The highest BCUT2D eigenvalue weighted by Gasteiger charge is 2.52. The molecule has 2 rings (SSSR count). The zero-order valence-corrected chi connectivity index (χ0v) is 9.89. The summed E-state index contributed by atoms with van der Waals surface area (Å²) in [6.45, 7) is 4.97. The highest BCUT2D eigenvalue weighted by molar-refractivity contribution is 5.46. The Morgan fingerprint density at radius 3 is 2.38 bits per heavy atom. The summed E-state index contributed by atoms with van der Waals surface area (Å²) >= 11 is 0. The van der Waals surface area contributed by atoms with Crippen molar-refractivity contribution in [3.05, 3.63) is 30.1 Å². The second kappa shape index (κ2) is 3.74. The van der Waals surface area contributed by atoms with E-state index in [1.54, 1.807) is 12.1 Å². The van der Waals surface area contributed by atoms with Crippen LogP contribution in [0.15, 0.2) is 24.3 Å². The summed E-state index contributed by atoms with van der Waals surface area (Å²) in [4.78, 5) is 0. The first-order valence-electron chi connectivity index (χ1n) is 5.73. The molecular weight excluding hydrogens is 203 g/mol. The van der Waals surface area contributed by atoms with Crippen LogP contribution in [0.1, 0.15) is 26.7 Å². The molecule has 0 amide bonds. The van der Waals surface area contributed by atoms with Crippen LogP contribution in [-0.4, -0.2) is 12.1 Å². The van der Waals surface area contributed by atoms with Gasteiger partial charge in [-0.25, -0.2) is 4.39 Å². The van der Waals surface area contributed by atoms with Crippen molar-refractivity contribution < 1.29 is 4.39 Å². The van der Waals surface area contributed by atoms with Crippen molar-refractivity contribution in [3.63, 3.8) is 0 Å². The Labute approximate surface area is 96.0 Å². The Hall–Kier alpha value is -1.09. The number of rotatable bonds is 4. The summed E-state index contributed by atoms with van der Waals surface area (Å²) in [6, 6.07) is 6.45. The van der Waals surface area contributed by atoms with Crippen LogP contribution >= 0.6 is 0 Å². The van der Waals surface area contributed by atoms with E-state index in [1.165, 1.54) is 25.0 Å². The monoisotopic (exact) mass is 222 g/mol. The van der Waals surface area contributed by atoms with Crippen molar-refractivity contribution in [2.45, 2.75) is 32.2 Å². The smallest absolute Gasteiger partial charge is 0.123 e. The van der Waals surface area contributed by atoms with Crippen molar-refractivity contribution in [1.82, 2.24) is 0 Å². The first-order chi connectivity index (χ1) is 7.49. The van der Waals surface area contributed by atoms with Crippen LogP contribution in [0.3, 0.4) is 0 Å². The standard InChI is InChI=1S/C13H19FN2/c1-12(7-8-12)13(2,9-15)16-11-5-3-10(14)4-6-11/h3-6,16H,7-9,15H2,1-2H3. The molecular formula is C13H19FN2. The van der Waals surface area contributed by atoms with Gasteiger partial charge < -0.3 is 11.1 Å². The largest absolute Gasteiger partial charge is 0.378 e. The molecule has 1 unspecified atom stereocenters. The molecule has 0 radical (unpaired) electrons. The number of nitrogens with one attached hydrogen (secondary N) is 1. The van der Waals surface area contributed by atoms with Gasteiger partial charge in [-0.15, -0.1) is 0 Å². The lowest BCUT2D eigenvalue weighted by Gasteiger charge is -2.37. The van der Waals surface area contributed by atoms with E-state index in [1.807, 2.05) is 0 Å². The first-order valence-corrected chi connectivity index (χ1v) is 5.73. The average molecular weight is 222 g/mol. The molecule has 16 heavy (non-hydrogen) atoms. The van der Waals surface area contributed by atoms with Gasteiger partial charge in [0, 0.05) is 12.2 Å². The number of hydrogen-bond donors (Lipinski definition) is 2. The minimum atomic E-state index is -0.211. The number of nitrogens with two attached hydrogens (primary N) is 1. The van der Waals surface area contributed by atoms with Gasteiger partial charge in [0.05, 0.1) is 5.54 Å². The van der Waals surface area contributed by atoms with Gasteiger partial charge in [0.15, 0.2) is 0 Å². The molecule has 1 saturated carbocycles. The minimum Gasteiger partial charge on any atom is -0.378 e. The predicted octanol–water partition coefficient (Wildman–Crippen LogP) is 2.76. The van der Waals surface area contributed by atoms with E-state index >= 15 is 0 Å². The Balaban J connectivity index is 2.15. The Morgan fingerprint density at radius 1 is 1.38 bits per heavy atom. The maximum atomic E-state index is 12.8. The highest BCUT2D eigenvalue weighted by Crippen LogP contribution is 2.54. The van der Waals surface area contributed by atoms with Crippen molar-refractivity contribution in [2.75, 3.05) is 11.9 Å². The fraction of sp³-hybridized carbons (Fsp3) is 0.538. The molecule has 0 aliphatic heterocycles. The van der Waals surface area contributed by atoms with Crippen LogP contribution in [0.2, 0.25) is 0 Å². The number of benzene rings is 1. The third-order valence-electron chi connectivity index (χ3n) is 4.00. The molecule has 0 bridgehead atoms. The molecule has 0 saturated heterocycles. The fourth-order valence-electron chi connectivity index (χ4n) is 2.04. The van der Waals surface area contributed by atoms with Crippen molar-refractivity contribution >= 4 is 5.69 Å². The van der Waals surface area contributed by atoms with E-state index in [2.05, 4.69) is 19.2 Å². The van der Waals surface area contributed by atoms with Crippen LogP contribution in [0.4, 0.5) is 10.1 Å². The topological polar surface area (TPSA) is 38.0 Å². The zero-order chi connectivity index (χ0) is 11.8. The van der Waals surface area contributed by atoms with Crippen LogP contribution in [-0.2, 0) is 0 Å². The van der Waals surface area contributed by atoms with Crippen molar-refractivity contribution in [3.8, 4) is 0 Å². The van der Waals surface area contributed by atoms with Crippen LogP contribution in [0.5, 0.6) is 0 Å². The summed E-state index contributed by atoms with van der Waals surface area (Å²) in [7, 11) is 0. The van der Waals surface area contributed by atoms with Crippen molar-refractivity contribution in [2.24, 2.45) is 11.1 Å². The average Bonchev–Trinajstić information content (AvgIpc) is 3.01. The van der Waals surface area contributed by atoms with E-state index < -0.39 is 0 Å². The van der Waals surface area contributed by atoms with E-state index in [9.17, 15) is 4.39 Å². The predicted molar refractivity (Wildman–Crippen MR) is 64.8 cm³/mol. The second-order valence-corrected chi connectivity index (χ2v) is 5.23. The van der Waals surface area contributed by atoms with Gasteiger partial charge in [-0.2, -0.15) is 0 Å². The third kappa shape index (κ3) is 1.92. The van der Waals surface area contributed by atoms with Gasteiger partial charge in [0.1, 0.15) is 5.82 Å². The van der Waals surface area contributed by atoms with E-state index in [0.29, 0.717) is 6.54 Å². The van der Waals surface area contributed by atoms with Gasteiger partial charge >= 0.3 is 0 Å². The lowest BCUT2D eigenvalue weighted by Crippen LogP contribution is -2.49. The van der Waals surface area contributed by atoms with E-state index in [0.717, 1.165) is 5.69 Å².